The molecule has 1 aromatic heterocycles. The first-order chi connectivity index (χ1) is 14.2. The number of sulfone groups is 1. The molecular weight excluding hydrogens is 400 g/mol. The Bertz CT molecular complexity index is 1050. The molecule has 1 amide bonds. The molecule has 0 saturated carbocycles. The summed E-state index contributed by atoms with van der Waals surface area (Å²) in [6.07, 6.45) is 0.917. The van der Waals surface area contributed by atoms with E-state index in [0.717, 1.165) is 30.0 Å². The number of hydrogen-bond acceptors (Lipinski definition) is 5. The molecule has 4 rings (SSSR count). The van der Waals surface area contributed by atoms with Gasteiger partial charge in [0.2, 0.25) is 5.91 Å². The topological polar surface area (TPSA) is 75.5 Å². The molecule has 2 saturated heterocycles. The Morgan fingerprint density at radius 1 is 1.13 bits per heavy atom. The van der Waals surface area contributed by atoms with E-state index in [9.17, 15) is 13.2 Å². The fourth-order valence-electron chi connectivity index (χ4n) is 4.58. The molecular formula is C22H30N4O3S. The average Bonchev–Trinajstić information content (AvgIpc) is 3.21. The Kier molecular flexibility index (Phi) is 5.61. The SMILES string of the molecule is Cc1cccc(N2CCN(C(=O)Cc3c(C)nn(C4CCS(=O)(=O)C4)c3C)CC2)c1. The van der Waals surface area contributed by atoms with Crippen LogP contribution in [0.1, 0.15) is 35.0 Å². The van der Waals surface area contributed by atoms with Crippen LogP contribution in [0.2, 0.25) is 0 Å². The van der Waals surface area contributed by atoms with Crippen LogP contribution in [0.4, 0.5) is 5.69 Å². The van der Waals surface area contributed by atoms with Gasteiger partial charge in [0.25, 0.3) is 0 Å². The second kappa shape index (κ2) is 8.06. The highest BCUT2D eigenvalue weighted by Gasteiger charge is 2.32. The summed E-state index contributed by atoms with van der Waals surface area (Å²) in [6.45, 7) is 9.02. The summed E-state index contributed by atoms with van der Waals surface area (Å²) in [6, 6.07) is 8.35. The van der Waals surface area contributed by atoms with Gasteiger partial charge in [0, 0.05) is 43.1 Å². The monoisotopic (exact) mass is 430 g/mol. The Morgan fingerprint density at radius 2 is 1.87 bits per heavy atom. The van der Waals surface area contributed by atoms with Gasteiger partial charge in [-0.25, -0.2) is 8.42 Å². The summed E-state index contributed by atoms with van der Waals surface area (Å²) in [5.74, 6) is 0.474. The lowest BCUT2D eigenvalue weighted by molar-refractivity contribution is -0.130. The van der Waals surface area contributed by atoms with Gasteiger partial charge in [-0.15, -0.1) is 0 Å². The van der Waals surface area contributed by atoms with E-state index in [2.05, 4.69) is 41.2 Å². The first kappa shape index (κ1) is 20.9. The van der Waals surface area contributed by atoms with Crippen molar-refractivity contribution in [3.05, 3.63) is 46.8 Å². The van der Waals surface area contributed by atoms with E-state index in [0.29, 0.717) is 25.9 Å². The van der Waals surface area contributed by atoms with Gasteiger partial charge in [-0.1, -0.05) is 12.1 Å². The predicted octanol–water partition coefficient (Wildman–Crippen LogP) is 2.06. The number of benzene rings is 1. The molecule has 30 heavy (non-hydrogen) atoms. The van der Waals surface area contributed by atoms with E-state index in [4.69, 9.17) is 0 Å². The third-order valence-corrected chi connectivity index (χ3v) is 8.11. The van der Waals surface area contributed by atoms with Gasteiger partial charge in [0.15, 0.2) is 9.84 Å². The number of piperazine rings is 1. The average molecular weight is 431 g/mol. The van der Waals surface area contributed by atoms with Crippen LogP contribution in [-0.2, 0) is 21.1 Å². The zero-order chi connectivity index (χ0) is 21.5. The Balaban J connectivity index is 1.40. The highest BCUT2D eigenvalue weighted by molar-refractivity contribution is 7.91. The van der Waals surface area contributed by atoms with Crippen LogP contribution in [0.25, 0.3) is 0 Å². The molecule has 0 radical (unpaired) electrons. The van der Waals surface area contributed by atoms with Crippen LogP contribution in [0.15, 0.2) is 24.3 Å². The predicted molar refractivity (Wildman–Crippen MR) is 118 cm³/mol. The van der Waals surface area contributed by atoms with Gasteiger partial charge < -0.3 is 9.80 Å². The highest BCUT2D eigenvalue weighted by Crippen LogP contribution is 2.27. The van der Waals surface area contributed by atoms with Crippen LogP contribution in [0.3, 0.4) is 0 Å². The van der Waals surface area contributed by atoms with E-state index in [1.54, 1.807) is 0 Å². The molecule has 2 aliphatic heterocycles. The molecule has 0 bridgehead atoms. The number of carbonyl (C=O) groups excluding carboxylic acids is 1. The first-order valence-electron chi connectivity index (χ1n) is 10.6. The van der Waals surface area contributed by atoms with Crippen molar-refractivity contribution in [2.24, 2.45) is 0 Å². The summed E-state index contributed by atoms with van der Waals surface area (Å²) < 4.78 is 25.5. The van der Waals surface area contributed by atoms with Crippen LogP contribution >= 0.6 is 0 Å². The molecule has 0 N–H and O–H groups in total. The van der Waals surface area contributed by atoms with Gasteiger partial charge >= 0.3 is 0 Å². The second-order valence-electron chi connectivity index (χ2n) is 8.53. The minimum absolute atomic E-state index is 0.115. The summed E-state index contributed by atoms with van der Waals surface area (Å²) in [4.78, 5) is 17.2. The van der Waals surface area contributed by atoms with Crippen molar-refractivity contribution in [2.75, 3.05) is 42.6 Å². The summed E-state index contributed by atoms with van der Waals surface area (Å²) in [5, 5.41) is 4.59. The standard InChI is InChI=1S/C22H30N4O3S/c1-16-5-4-6-19(13-16)24-8-10-25(11-9-24)22(27)14-21-17(2)23-26(18(21)3)20-7-12-30(28,29)15-20/h4-6,13,20H,7-12,14-15H2,1-3H3. The Morgan fingerprint density at radius 3 is 2.50 bits per heavy atom. The molecule has 162 valence electrons. The van der Waals surface area contributed by atoms with Gasteiger partial charge in [-0.3, -0.25) is 9.48 Å². The molecule has 2 fully saturated rings. The molecule has 8 heteroatoms. The number of anilines is 1. The van der Waals surface area contributed by atoms with Gasteiger partial charge in [0.1, 0.15) is 0 Å². The molecule has 0 aliphatic carbocycles. The summed E-state index contributed by atoms with van der Waals surface area (Å²) >= 11 is 0. The molecule has 7 nitrogen and oxygen atoms in total. The van der Waals surface area contributed by atoms with Gasteiger partial charge in [-0.05, 0) is 44.9 Å². The third-order valence-electron chi connectivity index (χ3n) is 6.36. The molecule has 1 unspecified atom stereocenters. The van der Waals surface area contributed by atoms with Crippen molar-refractivity contribution in [3.8, 4) is 0 Å². The normalized spacial score (nSPS) is 21.2. The van der Waals surface area contributed by atoms with Crippen molar-refractivity contribution < 1.29 is 13.2 Å². The summed E-state index contributed by atoms with van der Waals surface area (Å²) in [7, 11) is -2.98. The van der Waals surface area contributed by atoms with Gasteiger partial charge in [-0.2, -0.15) is 5.10 Å². The fourth-order valence-corrected chi connectivity index (χ4v) is 6.27. The Labute approximate surface area is 178 Å². The minimum atomic E-state index is -2.98. The number of rotatable bonds is 4. The Hall–Kier alpha value is -2.35. The van der Waals surface area contributed by atoms with Crippen molar-refractivity contribution in [1.82, 2.24) is 14.7 Å². The van der Waals surface area contributed by atoms with Crippen molar-refractivity contribution in [3.63, 3.8) is 0 Å². The van der Waals surface area contributed by atoms with Crippen LogP contribution in [-0.4, -0.2) is 66.7 Å². The molecule has 2 aliphatic rings. The number of hydrogen-bond donors (Lipinski definition) is 0. The number of nitrogens with zero attached hydrogens (tertiary/aromatic N) is 4. The zero-order valence-corrected chi connectivity index (χ0v) is 18.8. The van der Waals surface area contributed by atoms with Crippen molar-refractivity contribution >= 4 is 21.4 Å². The zero-order valence-electron chi connectivity index (χ0n) is 18.0. The second-order valence-corrected chi connectivity index (χ2v) is 10.8. The van der Waals surface area contributed by atoms with E-state index in [1.807, 2.05) is 23.4 Å². The van der Waals surface area contributed by atoms with Crippen molar-refractivity contribution in [2.45, 2.75) is 39.7 Å². The van der Waals surface area contributed by atoms with E-state index in [1.165, 1.54) is 11.3 Å². The lowest BCUT2D eigenvalue weighted by atomic mass is 10.1. The van der Waals surface area contributed by atoms with Gasteiger partial charge in [0.05, 0.1) is 29.7 Å². The quantitative estimate of drug-likeness (QED) is 0.742. The number of aromatic nitrogens is 2. The molecule has 1 aromatic carbocycles. The first-order valence-corrected chi connectivity index (χ1v) is 12.4. The number of carbonyl (C=O) groups is 1. The van der Waals surface area contributed by atoms with Crippen LogP contribution < -0.4 is 4.90 Å². The van der Waals surface area contributed by atoms with Crippen LogP contribution in [0.5, 0.6) is 0 Å². The summed E-state index contributed by atoms with van der Waals surface area (Å²) in [5.41, 5.74) is 5.13. The molecule has 2 aromatic rings. The maximum absolute atomic E-state index is 13.0. The smallest absolute Gasteiger partial charge is 0.227 e. The van der Waals surface area contributed by atoms with Crippen LogP contribution in [0, 0.1) is 20.8 Å². The fraction of sp³-hybridized carbons (Fsp3) is 0.545. The highest BCUT2D eigenvalue weighted by atomic mass is 32.2. The molecule has 1 atom stereocenters. The lowest BCUT2D eigenvalue weighted by Gasteiger charge is -2.36. The third kappa shape index (κ3) is 4.24. The maximum Gasteiger partial charge on any atom is 0.227 e. The van der Waals surface area contributed by atoms with E-state index < -0.39 is 9.84 Å². The lowest BCUT2D eigenvalue weighted by Crippen LogP contribution is -2.49. The van der Waals surface area contributed by atoms with E-state index in [-0.39, 0.29) is 23.5 Å². The minimum Gasteiger partial charge on any atom is -0.368 e. The molecule has 0 spiro atoms. The largest absolute Gasteiger partial charge is 0.368 e. The number of amides is 1. The van der Waals surface area contributed by atoms with Crippen molar-refractivity contribution in [1.29, 1.82) is 0 Å². The number of aryl methyl sites for hydroxylation is 2. The van der Waals surface area contributed by atoms with E-state index >= 15 is 0 Å². The molecule has 3 heterocycles. The maximum atomic E-state index is 13.0.